The van der Waals surface area contributed by atoms with E-state index in [0.29, 0.717) is 16.6 Å². The highest BCUT2D eigenvalue weighted by Gasteiger charge is 2.29. The molecule has 112 valence electrons. The van der Waals surface area contributed by atoms with Crippen LogP contribution < -0.4 is 10.0 Å². The molecule has 0 amide bonds. The van der Waals surface area contributed by atoms with Gasteiger partial charge in [0, 0.05) is 6.54 Å². The molecule has 1 aromatic carbocycles. The molecule has 3 rings (SSSR count). The Hall–Kier alpha value is -1.24. The fourth-order valence-electron chi connectivity index (χ4n) is 2.50. The number of anilines is 2. The molecule has 0 radical (unpaired) electrons. The van der Waals surface area contributed by atoms with Crippen molar-refractivity contribution in [3.63, 3.8) is 0 Å². The molecule has 0 saturated carbocycles. The van der Waals surface area contributed by atoms with E-state index in [4.69, 9.17) is 17.3 Å². The van der Waals surface area contributed by atoms with Crippen LogP contribution in [0.1, 0.15) is 18.4 Å². The Morgan fingerprint density at radius 1 is 1.24 bits per heavy atom. The number of nitrogen functional groups attached to an aromatic ring is 1. The van der Waals surface area contributed by atoms with Gasteiger partial charge in [-0.25, -0.2) is 8.42 Å². The third-order valence-electron chi connectivity index (χ3n) is 3.55. The molecule has 0 atom stereocenters. The van der Waals surface area contributed by atoms with Crippen molar-refractivity contribution in [2.45, 2.75) is 23.5 Å². The molecule has 0 spiro atoms. The first kappa shape index (κ1) is 14.7. The van der Waals surface area contributed by atoms with Crippen molar-refractivity contribution in [3.8, 4) is 0 Å². The van der Waals surface area contributed by atoms with Crippen LogP contribution in [0.3, 0.4) is 0 Å². The summed E-state index contributed by atoms with van der Waals surface area (Å²) >= 11 is 6.92. The number of sulfonamides is 1. The first-order valence-corrected chi connectivity index (χ1v) is 9.29. The van der Waals surface area contributed by atoms with E-state index in [9.17, 15) is 8.42 Å². The zero-order valence-electron chi connectivity index (χ0n) is 11.3. The second kappa shape index (κ2) is 5.51. The molecule has 0 aliphatic carbocycles. The summed E-state index contributed by atoms with van der Waals surface area (Å²) in [7, 11) is -3.61. The standard InChI is InChI=1S/C14H15ClN2O2S2/c15-14-11(16)9-13(20-14)21(18,19)17-8-4-3-6-10-5-1-2-7-12(10)17/h1-2,5,7,9H,3-4,6,8,16H2. The number of nitrogens with two attached hydrogens (primary N) is 1. The second-order valence-corrected chi connectivity index (χ2v) is 8.70. The zero-order valence-corrected chi connectivity index (χ0v) is 13.6. The molecular weight excluding hydrogens is 328 g/mol. The molecule has 2 N–H and O–H groups in total. The number of hydrogen-bond donors (Lipinski definition) is 1. The first-order chi connectivity index (χ1) is 10.00. The molecule has 4 nitrogen and oxygen atoms in total. The van der Waals surface area contributed by atoms with Gasteiger partial charge >= 0.3 is 0 Å². The molecule has 0 fully saturated rings. The van der Waals surface area contributed by atoms with Crippen molar-refractivity contribution < 1.29 is 8.42 Å². The Morgan fingerprint density at radius 2 is 2.00 bits per heavy atom. The summed E-state index contributed by atoms with van der Waals surface area (Å²) in [5.41, 5.74) is 7.82. The molecule has 21 heavy (non-hydrogen) atoms. The third-order valence-corrected chi connectivity index (χ3v) is 7.20. The Balaban J connectivity index is 2.10. The zero-order chi connectivity index (χ0) is 15.0. The first-order valence-electron chi connectivity index (χ1n) is 6.65. The van der Waals surface area contributed by atoms with Gasteiger partial charge in [0.25, 0.3) is 10.0 Å². The lowest BCUT2D eigenvalue weighted by molar-refractivity contribution is 0.591. The largest absolute Gasteiger partial charge is 0.397 e. The number of rotatable bonds is 2. The quantitative estimate of drug-likeness (QED) is 0.908. The summed E-state index contributed by atoms with van der Waals surface area (Å²) in [5, 5.41) is 0. The van der Waals surface area contributed by atoms with Gasteiger partial charge in [0.2, 0.25) is 0 Å². The normalized spacial score (nSPS) is 15.6. The monoisotopic (exact) mass is 342 g/mol. The molecule has 1 aliphatic rings. The van der Waals surface area contributed by atoms with Gasteiger partial charge in [-0.3, -0.25) is 4.31 Å². The van der Waals surface area contributed by atoms with Crippen LogP contribution in [-0.2, 0) is 16.4 Å². The number of thiophene rings is 1. The average Bonchev–Trinajstić information content (AvgIpc) is 2.69. The van der Waals surface area contributed by atoms with E-state index < -0.39 is 10.0 Å². The molecular formula is C14H15ClN2O2S2. The molecule has 0 saturated heterocycles. The van der Waals surface area contributed by atoms with Crippen LogP contribution in [0.4, 0.5) is 11.4 Å². The minimum absolute atomic E-state index is 0.196. The van der Waals surface area contributed by atoms with Crippen LogP contribution in [-0.4, -0.2) is 15.0 Å². The van der Waals surface area contributed by atoms with Crippen molar-refractivity contribution >= 4 is 44.3 Å². The molecule has 1 aromatic heterocycles. The Bertz CT molecular complexity index is 752. The predicted molar refractivity (Wildman–Crippen MR) is 87.7 cm³/mol. The number of halogens is 1. The number of fused-ring (bicyclic) bond motifs is 1. The van der Waals surface area contributed by atoms with E-state index in [-0.39, 0.29) is 4.21 Å². The number of aryl methyl sites for hydroxylation is 1. The van der Waals surface area contributed by atoms with Crippen molar-refractivity contribution in [2.24, 2.45) is 0 Å². The van der Waals surface area contributed by atoms with Gasteiger partial charge in [0.15, 0.2) is 0 Å². The Morgan fingerprint density at radius 3 is 2.71 bits per heavy atom. The van der Waals surface area contributed by atoms with Crippen LogP contribution in [0.25, 0.3) is 0 Å². The highest BCUT2D eigenvalue weighted by atomic mass is 35.5. The molecule has 2 heterocycles. The highest BCUT2D eigenvalue weighted by molar-refractivity contribution is 7.94. The van der Waals surface area contributed by atoms with Crippen molar-refractivity contribution in [1.29, 1.82) is 0 Å². The fourth-order valence-corrected chi connectivity index (χ4v) is 5.72. The van der Waals surface area contributed by atoms with Crippen LogP contribution >= 0.6 is 22.9 Å². The van der Waals surface area contributed by atoms with E-state index in [1.807, 2.05) is 24.3 Å². The maximum absolute atomic E-state index is 12.9. The predicted octanol–water partition coefficient (Wildman–Crippen LogP) is 3.52. The van der Waals surface area contributed by atoms with Crippen molar-refractivity contribution in [3.05, 3.63) is 40.2 Å². The number of para-hydroxylation sites is 1. The Kier molecular flexibility index (Phi) is 3.86. The van der Waals surface area contributed by atoms with Gasteiger partial charge in [-0.15, -0.1) is 11.3 Å². The van der Waals surface area contributed by atoms with Crippen molar-refractivity contribution in [2.75, 3.05) is 16.6 Å². The molecule has 1 aliphatic heterocycles. The lowest BCUT2D eigenvalue weighted by Crippen LogP contribution is -2.31. The smallest absolute Gasteiger partial charge is 0.273 e. The lowest BCUT2D eigenvalue weighted by atomic mass is 10.1. The average molecular weight is 343 g/mol. The van der Waals surface area contributed by atoms with E-state index in [1.165, 1.54) is 10.4 Å². The maximum Gasteiger partial charge on any atom is 0.273 e. The third kappa shape index (κ3) is 2.63. The minimum atomic E-state index is -3.61. The van der Waals surface area contributed by atoms with Gasteiger partial charge in [0.05, 0.1) is 11.4 Å². The maximum atomic E-state index is 12.9. The molecule has 0 unspecified atom stereocenters. The summed E-state index contributed by atoms with van der Waals surface area (Å²) in [6.45, 7) is 0.481. The van der Waals surface area contributed by atoms with E-state index in [1.54, 1.807) is 0 Å². The summed E-state index contributed by atoms with van der Waals surface area (Å²) in [4.78, 5) is 0. The van der Waals surface area contributed by atoms with Gasteiger partial charge in [0.1, 0.15) is 8.55 Å². The minimum Gasteiger partial charge on any atom is -0.397 e. The summed E-state index contributed by atoms with van der Waals surface area (Å²) in [6.07, 6.45) is 2.72. The van der Waals surface area contributed by atoms with Gasteiger partial charge in [-0.1, -0.05) is 29.8 Å². The van der Waals surface area contributed by atoms with Gasteiger partial charge in [-0.2, -0.15) is 0 Å². The topological polar surface area (TPSA) is 63.4 Å². The van der Waals surface area contributed by atoms with Crippen LogP contribution in [0, 0.1) is 0 Å². The second-order valence-electron chi connectivity index (χ2n) is 4.96. The number of nitrogens with zero attached hydrogens (tertiary/aromatic N) is 1. The fraction of sp³-hybridized carbons (Fsp3) is 0.286. The summed E-state index contributed by atoms with van der Waals surface area (Å²) in [6, 6.07) is 9.09. The molecule has 0 bridgehead atoms. The summed E-state index contributed by atoms with van der Waals surface area (Å²) in [5.74, 6) is 0. The van der Waals surface area contributed by atoms with Gasteiger partial charge < -0.3 is 5.73 Å². The number of hydrogen-bond acceptors (Lipinski definition) is 4. The van der Waals surface area contributed by atoms with Crippen LogP contribution in [0.15, 0.2) is 34.5 Å². The summed E-state index contributed by atoms with van der Waals surface area (Å²) < 4.78 is 27.8. The van der Waals surface area contributed by atoms with E-state index in [2.05, 4.69) is 0 Å². The van der Waals surface area contributed by atoms with Crippen LogP contribution in [0.2, 0.25) is 4.34 Å². The van der Waals surface area contributed by atoms with Gasteiger partial charge in [-0.05, 0) is 37.0 Å². The highest BCUT2D eigenvalue weighted by Crippen LogP contribution is 2.37. The number of benzene rings is 1. The molecule has 7 heteroatoms. The SMILES string of the molecule is Nc1cc(S(=O)(=O)N2CCCCc3ccccc32)sc1Cl. The Labute approximate surface area is 133 Å². The van der Waals surface area contributed by atoms with Crippen LogP contribution in [0.5, 0.6) is 0 Å². The van der Waals surface area contributed by atoms with E-state index in [0.717, 1.165) is 41.9 Å². The van der Waals surface area contributed by atoms with Crippen molar-refractivity contribution in [1.82, 2.24) is 0 Å². The molecule has 2 aromatic rings. The van der Waals surface area contributed by atoms with E-state index >= 15 is 0 Å². The lowest BCUT2D eigenvalue weighted by Gasteiger charge is -2.23.